The summed E-state index contributed by atoms with van der Waals surface area (Å²) in [6, 6.07) is 0.187. The Hall–Kier alpha value is -3.05. The summed E-state index contributed by atoms with van der Waals surface area (Å²) in [6.07, 6.45) is 24.7. The molecule has 0 saturated heterocycles. The Morgan fingerprint density at radius 2 is 2.02 bits per heavy atom. The van der Waals surface area contributed by atoms with Crippen LogP contribution in [0.2, 0.25) is 0 Å². The van der Waals surface area contributed by atoms with Gasteiger partial charge < -0.3 is 21.3 Å². The molecule has 3 atom stereocenters. The summed E-state index contributed by atoms with van der Waals surface area (Å²) < 4.78 is 0. The molecule has 4 N–H and O–H groups in total. The molecule has 3 unspecified atom stereocenters. The van der Waals surface area contributed by atoms with Crippen LogP contribution in [0.25, 0.3) is 0 Å². The number of nitrogens with one attached hydrogen (secondary N) is 4. The summed E-state index contributed by atoms with van der Waals surface area (Å²) in [5.74, 6) is 1.34. The minimum Gasteiger partial charge on any atom is -0.391 e. The van der Waals surface area contributed by atoms with Crippen LogP contribution in [0.3, 0.4) is 0 Å². The predicted molar refractivity (Wildman–Crippen MR) is 185 cm³/mol. The summed E-state index contributed by atoms with van der Waals surface area (Å²) in [5, 5.41) is 14.0. The largest absolute Gasteiger partial charge is 0.391 e. The highest BCUT2D eigenvalue weighted by Gasteiger charge is 2.18. The van der Waals surface area contributed by atoms with Gasteiger partial charge in [0.1, 0.15) is 0 Å². The molecule has 0 aromatic rings. The molecule has 1 aliphatic heterocycles. The molecule has 232 valence electrons. The van der Waals surface area contributed by atoms with Gasteiger partial charge in [0.25, 0.3) is 0 Å². The average Bonchev–Trinajstić information content (AvgIpc) is 2.99. The molecule has 42 heavy (non-hydrogen) atoms. The third-order valence-corrected chi connectivity index (χ3v) is 8.11. The maximum Gasteiger partial charge on any atom is 0.0863 e. The molecule has 0 radical (unpaired) electrons. The maximum absolute atomic E-state index is 4.51. The first kappa shape index (κ1) is 35.1. The van der Waals surface area contributed by atoms with E-state index in [2.05, 4.69) is 111 Å². The Kier molecular flexibility index (Phi) is 16.7. The molecular weight excluding hydrogens is 514 g/mol. The van der Waals surface area contributed by atoms with Crippen LogP contribution in [0.15, 0.2) is 101 Å². The summed E-state index contributed by atoms with van der Waals surface area (Å²) >= 11 is 0. The van der Waals surface area contributed by atoms with E-state index in [0.29, 0.717) is 17.8 Å². The molecule has 5 nitrogen and oxygen atoms in total. The lowest BCUT2D eigenvalue weighted by atomic mass is 9.82. The van der Waals surface area contributed by atoms with Crippen molar-refractivity contribution in [2.75, 3.05) is 26.2 Å². The van der Waals surface area contributed by atoms with Crippen LogP contribution in [0.1, 0.15) is 79.6 Å². The Morgan fingerprint density at radius 3 is 2.71 bits per heavy atom. The van der Waals surface area contributed by atoms with Gasteiger partial charge in [-0.1, -0.05) is 89.0 Å². The first-order valence-electron chi connectivity index (χ1n) is 16.1. The van der Waals surface area contributed by atoms with Crippen molar-refractivity contribution in [3.05, 3.63) is 96.1 Å². The van der Waals surface area contributed by atoms with Crippen molar-refractivity contribution in [3.8, 4) is 0 Å². The van der Waals surface area contributed by atoms with E-state index < -0.39 is 0 Å². The molecule has 1 aliphatic carbocycles. The highest BCUT2D eigenvalue weighted by molar-refractivity contribution is 5.55. The second kappa shape index (κ2) is 20.0. The van der Waals surface area contributed by atoms with Crippen LogP contribution in [0, 0.1) is 17.8 Å². The summed E-state index contributed by atoms with van der Waals surface area (Å²) in [6.45, 7) is 27.1. The quantitative estimate of drug-likeness (QED) is 0.0970. The number of rotatable bonds is 14. The van der Waals surface area contributed by atoms with Gasteiger partial charge in [-0.3, -0.25) is 4.99 Å². The van der Waals surface area contributed by atoms with Gasteiger partial charge >= 0.3 is 0 Å². The number of allylic oxidation sites excluding steroid dienone is 9. The van der Waals surface area contributed by atoms with Crippen molar-refractivity contribution in [1.29, 1.82) is 0 Å². The van der Waals surface area contributed by atoms with Crippen LogP contribution in [0.5, 0.6) is 0 Å². The van der Waals surface area contributed by atoms with E-state index in [4.69, 9.17) is 0 Å². The topological polar surface area (TPSA) is 60.5 Å². The molecule has 0 amide bonds. The second-order valence-electron chi connectivity index (χ2n) is 12.1. The fourth-order valence-corrected chi connectivity index (χ4v) is 5.64. The highest BCUT2D eigenvalue weighted by atomic mass is 15.0. The zero-order valence-electron chi connectivity index (χ0n) is 27.3. The van der Waals surface area contributed by atoms with E-state index in [9.17, 15) is 0 Å². The molecular formula is C37H59N5. The minimum absolute atomic E-state index is 0.187. The van der Waals surface area contributed by atoms with Crippen molar-refractivity contribution in [2.24, 2.45) is 22.7 Å². The Labute approximate surface area is 257 Å². The Bertz CT molecular complexity index is 1050. The molecule has 0 saturated carbocycles. The lowest BCUT2D eigenvalue weighted by molar-refractivity contribution is 0.527. The highest BCUT2D eigenvalue weighted by Crippen LogP contribution is 2.33. The Balaban J connectivity index is 2.30. The van der Waals surface area contributed by atoms with E-state index in [1.165, 1.54) is 28.0 Å². The molecule has 2 rings (SSSR count). The van der Waals surface area contributed by atoms with E-state index in [1.54, 1.807) is 6.20 Å². The fraction of sp³-hybridized carbons (Fsp3) is 0.541. The van der Waals surface area contributed by atoms with Crippen LogP contribution >= 0.6 is 0 Å². The first-order valence-corrected chi connectivity index (χ1v) is 16.1. The van der Waals surface area contributed by atoms with Gasteiger partial charge in [-0.15, -0.1) is 0 Å². The molecule has 0 spiro atoms. The van der Waals surface area contributed by atoms with E-state index in [0.717, 1.165) is 76.7 Å². The lowest BCUT2D eigenvalue weighted by Crippen LogP contribution is -2.39. The molecule has 5 heteroatoms. The van der Waals surface area contributed by atoms with E-state index in [-0.39, 0.29) is 6.04 Å². The summed E-state index contributed by atoms with van der Waals surface area (Å²) in [7, 11) is 0. The van der Waals surface area contributed by atoms with E-state index in [1.807, 2.05) is 12.4 Å². The average molecular weight is 574 g/mol. The van der Waals surface area contributed by atoms with Gasteiger partial charge in [0.2, 0.25) is 0 Å². The first-order chi connectivity index (χ1) is 20.3. The molecule has 0 aromatic carbocycles. The SMILES string of the molecule is C=CNCC/C(=C(/C=CC(C)C/C1=C/NC=NCCCCNCC(C(=C)C)N1)CC1C=C(CC)C(C=C)=CC1)C(C)C. The second-order valence-corrected chi connectivity index (χ2v) is 12.1. The number of aliphatic imine (C=N–C) groups is 1. The van der Waals surface area contributed by atoms with Crippen LogP contribution < -0.4 is 21.3 Å². The zero-order chi connectivity index (χ0) is 30.7. The summed E-state index contributed by atoms with van der Waals surface area (Å²) in [4.78, 5) is 4.51. The number of hydrogen-bond donors (Lipinski definition) is 4. The summed E-state index contributed by atoms with van der Waals surface area (Å²) in [5.41, 5.74) is 8.04. The third-order valence-electron chi connectivity index (χ3n) is 8.11. The lowest BCUT2D eigenvalue weighted by Gasteiger charge is -2.25. The van der Waals surface area contributed by atoms with Gasteiger partial charge in [-0.2, -0.15) is 0 Å². The van der Waals surface area contributed by atoms with Gasteiger partial charge in [-0.25, -0.2) is 0 Å². The molecule has 0 bridgehead atoms. The van der Waals surface area contributed by atoms with Crippen LogP contribution in [0.4, 0.5) is 0 Å². The van der Waals surface area contributed by atoms with Gasteiger partial charge in [0.15, 0.2) is 0 Å². The number of nitrogens with zero attached hydrogens (tertiary/aromatic N) is 1. The Morgan fingerprint density at radius 1 is 1.21 bits per heavy atom. The van der Waals surface area contributed by atoms with Crippen molar-refractivity contribution < 1.29 is 0 Å². The fourth-order valence-electron chi connectivity index (χ4n) is 5.64. The van der Waals surface area contributed by atoms with Crippen molar-refractivity contribution in [1.82, 2.24) is 21.3 Å². The standard InChI is InChI=1S/C37H59N5/c1-9-32-17-15-31(23-33(32)10-2)24-34(36(28(4)5)18-21-38-11-3)16-14-30(8)22-35-25-41-27-40-20-13-12-19-39-26-37(42-35)29(6)7/h9,11,14,16-17,23,25,27-28,30-31,37-39,42H,1,3,6,10,12-13,15,18-22,24,26H2,2,4-5,7-8H3,(H,40,41)/b16-14?,35-25-,36-34+. The maximum atomic E-state index is 4.51. The molecule has 2 aliphatic rings. The van der Waals surface area contributed by atoms with Crippen molar-refractivity contribution in [3.63, 3.8) is 0 Å². The van der Waals surface area contributed by atoms with Gasteiger partial charge in [0, 0.05) is 31.5 Å². The van der Waals surface area contributed by atoms with Crippen molar-refractivity contribution >= 4 is 6.34 Å². The van der Waals surface area contributed by atoms with Crippen LogP contribution in [-0.2, 0) is 0 Å². The number of hydrogen-bond acceptors (Lipinski definition) is 5. The normalized spacial score (nSPS) is 23.0. The zero-order valence-corrected chi connectivity index (χ0v) is 27.3. The smallest absolute Gasteiger partial charge is 0.0863 e. The minimum atomic E-state index is 0.187. The monoisotopic (exact) mass is 573 g/mol. The van der Waals surface area contributed by atoms with Crippen LogP contribution in [-0.4, -0.2) is 38.6 Å². The van der Waals surface area contributed by atoms with Gasteiger partial charge in [0.05, 0.1) is 12.4 Å². The molecule has 0 aromatic heterocycles. The van der Waals surface area contributed by atoms with Gasteiger partial charge in [-0.05, 0) is 99.1 Å². The molecule has 1 heterocycles. The predicted octanol–water partition coefficient (Wildman–Crippen LogP) is 7.88. The van der Waals surface area contributed by atoms with E-state index >= 15 is 0 Å². The van der Waals surface area contributed by atoms with Crippen molar-refractivity contribution in [2.45, 2.75) is 85.6 Å². The third kappa shape index (κ3) is 12.9. The molecule has 0 fully saturated rings.